The highest BCUT2D eigenvalue weighted by Gasteiger charge is 2.20. The summed E-state index contributed by atoms with van der Waals surface area (Å²) in [6.45, 7) is 2.26. The number of halogens is 1. The van der Waals surface area contributed by atoms with Crippen LogP contribution in [-0.2, 0) is 4.79 Å². The first-order valence-corrected chi connectivity index (χ1v) is 6.73. The van der Waals surface area contributed by atoms with Crippen LogP contribution in [0.2, 0.25) is 0 Å². The van der Waals surface area contributed by atoms with Gasteiger partial charge in [-0.25, -0.2) is 0 Å². The maximum absolute atomic E-state index is 11.3. The molecule has 1 aliphatic rings. The molecule has 1 amide bonds. The first kappa shape index (κ1) is 12.0. The van der Waals surface area contributed by atoms with Crippen molar-refractivity contribution in [2.75, 3.05) is 5.33 Å². The fourth-order valence-electron chi connectivity index (χ4n) is 2.10. The second-order valence-electron chi connectivity index (χ2n) is 4.13. The predicted octanol–water partition coefficient (Wildman–Crippen LogP) is 2.86. The molecule has 3 heteroatoms. The number of nitrogens with one attached hydrogen (secondary N) is 1. The van der Waals surface area contributed by atoms with Gasteiger partial charge < -0.3 is 5.32 Å². The molecule has 0 saturated heterocycles. The first-order valence-electron chi connectivity index (χ1n) is 5.61. The van der Waals surface area contributed by atoms with Gasteiger partial charge in [0.15, 0.2) is 0 Å². The summed E-state index contributed by atoms with van der Waals surface area (Å²) >= 11 is 3.27. The first-order chi connectivity index (χ1) is 6.76. The van der Waals surface area contributed by atoms with Crippen LogP contribution < -0.4 is 5.32 Å². The number of hydrogen-bond donors (Lipinski definition) is 1. The Labute approximate surface area is 95.0 Å². The summed E-state index contributed by atoms with van der Waals surface area (Å²) in [5.41, 5.74) is 0. The molecule has 0 atom stereocenters. The number of rotatable bonds is 4. The molecule has 14 heavy (non-hydrogen) atoms. The van der Waals surface area contributed by atoms with Crippen LogP contribution in [0, 0.1) is 5.92 Å². The Bertz CT molecular complexity index is 176. The summed E-state index contributed by atoms with van der Waals surface area (Å²) in [6.07, 6.45) is 6.82. The molecule has 1 rings (SSSR count). The minimum absolute atomic E-state index is 0.196. The highest BCUT2D eigenvalue weighted by Crippen LogP contribution is 2.26. The molecule has 1 fully saturated rings. The van der Waals surface area contributed by atoms with Crippen LogP contribution in [0.5, 0.6) is 0 Å². The van der Waals surface area contributed by atoms with Gasteiger partial charge in [-0.15, -0.1) is 0 Å². The van der Waals surface area contributed by atoms with Gasteiger partial charge in [-0.1, -0.05) is 29.3 Å². The van der Waals surface area contributed by atoms with E-state index >= 15 is 0 Å². The molecular formula is C11H20BrNO. The smallest absolute Gasteiger partial charge is 0.221 e. The zero-order chi connectivity index (χ0) is 10.4. The molecule has 2 nitrogen and oxygen atoms in total. The van der Waals surface area contributed by atoms with E-state index in [1.54, 1.807) is 0 Å². The third-order valence-electron chi connectivity index (χ3n) is 3.11. The van der Waals surface area contributed by atoms with E-state index in [1.165, 1.54) is 32.1 Å². The number of hydrogen-bond acceptors (Lipinski definition) is 1. The second kappa shape index (κ2) is 6.44. The van der Waals surface area contributed by atoms with Crippen molar-refractivity contribution < 1.29 is 4.79 Å². The number of alkyl halides is 1. The lowest BCUT2D eigenvalue weighted by Gasteiger charge is -2.28. The van der Waals surface area contributed by atoms with Gasteiger partial charge in [-0.05, 0) is 31.6 Å². The van der Waals surface area contributed by atoms with Gasteiger partial charge in [0.1, 0.15) is 0 Å². The molecule has 0 aromatic heterocycles. The molecule has 0 unspecified atom stereocenters. The lowest BCUT2D eigenvalue weighted by atomic mass is 9.84. The minimum atomic E-state index is 0.196. The monoisotopic (exact) mass is 261 g/mol. The average molecular weight is 262 g/mol. The van der Waals surface area contributed by atoms with Gasteiger partial charge in [0.05, 0.1) is 0 Å². The van der Waals surface area contributed by atoms with Crippen LogP contribution in [0.3, 0.4) is 0 Å². The molecule has 0 heterocycles. The van der Waals surface area contributed by atoms with Crippen molar-refractivity contribution in [3.63, 3.8) is 0 Å². The maximum Gasteiger partial charge on any atom is 0.221 e. The van der Waals surface area contributed by atoms with E-state index in [1.807, 2.05) is 0 Å². The van der Waals surface area contributed by atoms with Gasteiger partial charge >= 0.3 is 0 Å². The van der Waals surface area contributed by atoms with Gasteiger partial charge in [-0.2, -0.15) is 0 Å². The van der Waals surface area contributed by atoms with E-state index < -0.39 is 0 Å². The van der Waals surface area contributed by atoms with Crippen molar-refractivity contribution >= 4 is 21.8 Å². The van der Waals surface area contributed by atoms with Gasteiger partial charge in [0.25, 0.3) is 0 Å². The maximum atomic E-state index is 11.3. The molecule has 1 saturated carbocycles. The Morgan fingerprint density at radius 1 is 1.36 bits per heavy atom. The van der Waals surface area contributed by atoms with E-state index in [4.69, 9.17) is 0 Å². The molecule has 0 aromatic carbocycles. The molecule has 0 aliphatic heterocycles. The average Bonchev–Trinajstić information content (AvgIpc) is 2.19. The number of amides is 1. The van der Waals surface area contributed by atoms with Crippen LogP contribution in [-0.4, -0.2) is 17.3 Å². The number of carbonyl (C=O) groups is 1. The zero-order valence-electron chi connectivity index (χ0n) is 8.89. The molecule has 1 aliphatic carbocycles. The van der Waals surface area contributed by atoms with E-state index in [-0.39, 0.29) is 5.91 Å². The summed E-state index contributed by atoms with van der Waals surface area (Å²) in [7, 11) is 0. The third kappa shape index (κ3) is 3.99. The lowest BCUT2D eigenvalue weighted by molar-refractivity contribution is -0.121. The standard InChI is InChI=1S/C11H20BrNO/c1-2-9-3-5-10(6-4-9)13-11(14)7-8-12/h9-10H,2-8H2,1H3,(H,13,14). The number of carbonyl (C=O) groups excluding carboxylic acids is 1. The largest absolute Gasteiger partial charge is 0.353 e. The fraction of sp³-hybridized carbons (Fsp3) is 0.909. The lowest BCUT2D eigenvalue weighted by Crippen LogP contribution is -2.37. The molecule has 0 spiro atoms. The summed E-state index contributed by atoms with van der Waals surface area (Å²) in [4.78, 5) is 11.3. The quantitative estimate of drug-likeness (QED) is 0.775. The highest BCUT2D eigenvalue weighted by molar-refractivity contribution is 9.09. The molecule has 1 N–H and O–H groups in total. The van der Waals surface area contributed by atoms with Gasteiger partial charge in [0, 0.05) is 17.8 Å². The van der Waals surface area contributed by atoms with Crippen molar-refractivity contribution in [3.8, 4) is 0 Å². The van der Waals surface area contributed by atoms with E-state index in [0.29, 0.717) is 12.5 Å². The van der Waals surface area contributed by atoms with Gasteiger partial charge in [0.2, 0.25) is 5.91 Å². The SMILES string of the molecule is CCC1CCC(NC(=O)CCBr)CC1. The summed E-state index contributed by atoms with van der Waals surface area (Å²) in [5, 5.41) is 3.86. The third-order valence-corrected chi connectivity index (χ3v) is 3.51. The topological polar surface area (TPSA) is 29.1 Å². The van der Waals surface area contributed by atoms with Crippen molar-refractivity contribution in [2.24, 2.45) is 5.92 Å². The Hall–Kier alpha value is -0.0500. The van der Waals surface area contributed by atoms with Crippen molar-refractivity contribution in [2.45, 2.75) is 51.5 Å². The molecule has 82 valence electrons. The van der Waals surface area contributed by atoms with Crippen molar-refractivity contribution in [1.29, 1.82) is 0 Å². The van der Waals surface area contributed by atoms with E-state index in [0.717, 1.165) is 11.2 Å². The Morgan fingerprint density at radius 2 is 2.00 bits per heavy atom. The van der Waals surface area contributed by atoms with Crippen LogP contribution in [0.4, 0.5) is 0 Å². The van der Waals surface area contributed by atoms with E-state index in [9.17, 15) is 4.79 Å². The Kier molecular flexibility index (Phi) is 5.53. The van der Waals surface area contributed by atoms with Crippen LogP contribution in [0.15, 0.2) is 0 Å². The second-order valence-corrected chi connectivity index (χ2v) is 4.93. The summed E-state index contributed by atoms with van der Waals surface area (Å²) in [5.74, 6) is 1.10. The molecule has 0 aromatic rings. The van der Waals surface area contributed by atoms with Crippen molar-refractivity contribution in [3.05, 3.63) is 0 Å². The highest BCUT2D eigenvalue weighted by atomic mass is 79.9. The fourth-order valence-corrected chi connectivity index (χ4v) is 2.46. The predicted molar refractivity (Wildman–Crippen MR) is 62.6 cm³/mol. The van der Waals surface area contributed by atoms with Crippen LogP contribution in [0.25, 0.3) is 0 Å². The van der Waals surface area contributed by atoms with Crippen LogP contribution in [0.1, 0.15) is 45.4 Å². The summed E-state index contributed by atoms with van der Waals surface area (Å²) < 4.78 is 0. The molecule has 0 bridgehead atoms. The minimum Gasteiger partial charge on any atom is -0.353 e. The van der Waals surface area contributed by atoms with Crippen LogP contribution >= 0.6 is 15.9 Å². The Balaban J connectivity index is 2.18. The van der Waals surface area contributed by atoms with Crippen molar-refractivity contribution in [1.82, 2.24) is 5.32 Å². The van der Waals surface area contributed by atoms with E-state index in [2.05, 4.69) is 28.2 Å². The van der Waals surface area contributed by atoms with Gasteiger partial charge in [-0.3, -0.25) is 4.79 Å². The Morgan fingerprint density at radius 3 is 2.50 bits per heavy atom. The summed E-state index contributed by atoms with van der Waals surface area (Å²) in [6, 6.07) is 0.448. The zero-order valence-corrected chi connectivity index (χ0v) is 10.5. The molecular weight excluding hydrogens is 242 g/mol. The normalized spacial score (nSPS) is 27.3. The molecule has 0 radical (unpaired) electrons.